The number of amides is 2. The number of carbonyl (C=O) groups excluding carboxylic acids is 2. The third-order valence-electron chi connectivity index (χ3n) is 6.08. The molecule has 1 saturated heterocycles. The Morgan fingerprint density at radius 2 is 1.55 bits per heavy atom. The van der Waals surface area contributed by atoms with Crippen LogP contribution < -0.4 is 5.32 Å². The number of rotatable bonds is 5. The van der Waals surface area contributed by atoms with Crippen molar-refractivity contribution >= 4 is 11.8 Å². The molecular formula is C25H24F6N6O3. The second-order valence-electron chi connectivity index (χ2n) is 9.39. The first-order valence-corrected chi connectivity index (χ1v) is 12.0. The summed E-state index contributed by atoms with van der Waals surface area (Å²) < 4.78 is 86.0. The largest absolute Gasteiger partial charge is 0.416 e. The first kappa shape index (κ1) is 29.0. The monoisotopic (exact) mass is 570 g/mol. The lowest BCUT2D eigenvalue weighted by Gasteiger charge is -2.35. The first-order valence-electron chi connectivity index (χ1n) is 12.0. The van der Waals surface area contributed by atoms with Gasteiger partial charge in [0.1, 0.15) is 6.33 Å². The average Bonchev–Trinajstić information content (AvgIpc) is 3.37. The van der Waals surface area contributed by atoms with Crippen LogP contribution in [0.1, 0.15) is 64.5 Å². The summed E-state index contributed by atoms with van der Waals surface area (Å²) in [4.78, 5) is 35.6. The second-order valence-corrected chi connectivity index (χ2v) is 9.39. The topological polar surface area (TPSA) is 102 Å². The average molecular weight is 570 g/mol. The van der Waals surface area contributed by atoms with E-state index in [1.807, 2.05) is 13.8 Å². The predicted molar refractivity (Wildman–Crippen MR) is 127 cm³/mol. The van der Waals surface area contributed by atoms with Gasteiger partial charge in [-0.15, -0.1) is 0 Å². The van der Waals surface area contributed by atoms with Gasteiger partial charge in [-0.2, -0.15) is 36.1 Å². The van der Waals surface area contributed by atoms with Crippen LogP contribution >= 0.6 is 0 Å². The van der Waals surface area contributed by atoms with Crippen LogP contribution in [0.3, 0.4) is 0 Å². The highest BCUT2D eigenvalue weighted by atomic mass is 19.4. The SMILES string of the molecule is CC1CN(C(=O)c2ccc(-n3ncnc3[C@H](C)NC(=O)c3cc(C(F)(F)F)cc(C(F)(F)F)c3)nc2)CC(C)O1. The molecule has 1 aliphatic rings. The van der Waals surface area contributed by atoms with E-state index in [1.165, 1.54) is 29.9 Å². The fourth-order valence-electron chi connectivity index (χ4n) is 4.32. The van der Waals surface area contributed by atoms with Crippen molar-refractivity contribution in [2.24, 2.45) is 0 Å². The van der Waals surface area contributed by atoms with Crippen LogP contribution in [0.2, 0.25) is 0 Å². The Balaban J connectivity index is 1.53. The summed E-state index contributed by atoms with van der Waals surface area (Å²) in [5.41, 5.74) is -3.72. The highest BCUT2D eigenvalue weighted by Gasteiger charge is 2.37. The molecule has 0 aliphatic carbocycles. The molecule has 3 atom stereocenters. The number of nitrogens with one attached hydrogen (secondary N) is 1. The van der Waals surface area contributed by atoms with E-state index < -0.39 is 41.0 Å². The van der Waals surface area contributed by atoms with Gasteiger partial charge >= 0.3 is 12.4 Å². The number of nitrogens with zero attached hydrogens (tertiary/aromatic N) is 5. The summed E-state index contributed by atoms with van der Waals surface area (Å²) in [6.07, 6.45) is -7.95. The number of aromatic nitrogens is 4. The van der Waals surface area contributed by atoms with Gasteiger partial charge in [0.15, 0.2) is 11.6 Å². The van der Waals surface area contributed by atoms with E-state index in [9.17, 15) is 35.9 Å². The van der Waals surface area contributed by atoms with E-state index in [0.29, 0.717) is 30.8 Å². The summed E-state index contributed by atoms with van der Waals surface area (Å²) in [5, 5.41) is 6.40. The maximum Gasteiger partial charge on any atom is 0.416 e. The third kappa shape index (κ3) is 6.41. The number of pyridine rings is 1. The smallest absolute Gasteiger partial charge is 0.372 e. The molecule has 3 heterocycles. The van der Waals surface area contributed by atoms with Gasteiger partial charge in [-0.05, 0) is 51.1 Å². The van der Waals surface area contributed by atoms with Gasteiger partial charge in [-0.25, -0.2) is 9.97 Å². The van der Waals surface area contributed by atoms with E-state index in [-0.39, 0.29) is 35.8 Å². The van der Waals surface area contributed by atoms with Gasteiger partial charge in [0, 0.05) is 24.8 Å². The number of benzene rings is 1. The molecule has 3 aromatic rings. The van der Waals surface area contributed by atoms with Gasteiger partial charge in [0.2, 0.25) is 0 Å². The van der Waals surface area contributed by atoms with Crippen LogP contribution in [0, 0.1) is 0 Å². The lowest BCUT2D eigenvalue weighted by molar-refractivity contribution is -0.143. The van der Waals surface area contributed by atoms with Crippen LogP contribution in [0.15, 0.2) is 42.9 Å². The van der Waals surface area contributed by atoms with Crippen LogP contribution in [-0.4, -0.2) is 61.8 Å². The summed E-state index contributed by atoms with van der Waals surface area (Å²) in [5.74, 6) is -1.10. The zero-order valence-corrected chi connectivity index (χ0v) is 21.4. The van der Waals surface area contributed by atoms with Crippen LogP contribution in [0.25, 0.3) is 5.82 Å². The fourth-order valence-corrected chi connectivity index (χ4v) is 4.32. The van der Waals surface area contributed by atoms with Gasteiger partial charge in [-0.3, -0.25) is 9.59 Å². The molecular weight excluding hydrogens is 546 g/mol. The van der Waals surface area contributed by atoms with Crippen molar-refractivity contribution in [2.45, 2.75) is 51.4 Å². The minimum absolute atomic E-state index is 0.0584. The number of carbonyl (C=O) groups is 2. The Labute approximate surface area is 224 Å². The Hall–Kier alpha value is -4.01. The Morgan fingerprint density at radius 1 is 0.950 bits per heavy atom. The molecule has 1 aliphatic heterocycles. The molecule has 40 heavy (non-hydrogen) atoms. The number of ether oxygens (including phenoxy) is 1. The van der Waals surface area contributed by atoms with Gasteiger partial charge in [0.25, 0.3) is 11.8 Å². The number of halogens is 6. The number of hydrogen-bond donors (Lipinski definition) is 1. The molecule has 1 N–H and O–H groups in total. The summed E-state index contributed by atoms with van der Waals surface area (Å²) in [6, 6.07) is 2.65. The van der Waals surface area contributed by atoms with Crippen molar-refractivity contribution in [1.82, 2.24) is 30.0 Å². The van der Waals surface area contributed by atoms with Crippen molar-refractivity contribution in [1.29, 1.82) is 0 Å². The van der Waals surface area contributed by atoms with Crippen molar-refractivity contribution in [3.8, 4) is 5.82 Å². The Kier molecular flexibility index (Phi) is 7.87. The zero-order valence-electron chi connectivity index (χ0n) is 21.4. The van der Waals surface area contributed by atoms with Crippen molar-refractivity contribution in [3.63, 3.8) is 0 Å². The molecule has 2 unspecified atom stereocenters. The molecule has 0 radical (unpaired) electrons. The molecule has 214 valence electrons. The lowest BCUT2D eigenvalue weighted by Crippen LogP contribution is -2.48. The number of morpholine rings is 1. The standard InChI is InChI=1S/C25H24F6N6O3/c1-13-10-36(11-14(2)40-13)23(39)16-4-5-20(32-9-16)37-21(33-12-34-37)15(3)35-22(38)17-6-18(24(26,27)28)8-19(7-17)25(29,30)31/h4-9,12-15H,10-11H2,1-3H3,(H,35,38)/t13?,14?,15-/m0/s1. The maximum atomic E-state index is 13.2. The fraction of sp³-hybridized carbons (Fsp3) is 0.400. The van der Waals surface area contributed by atoms with Crippen molar-refractivity contribution < 1.29 is 40.7 Å². The normalized spacial score (nSPS) is 18.9. The van der Waals surface area contributed by atoms with Crippen LogP contribution in [-0.2, 0) is 17.1 Å². The molecule has 4 rings (SSSR count). The molecule has 2 aromatic heterocycles. The highest BCUT2D eigenvalue weighted by Crippen LogP contribution is 2.36. The molecule has 0 saturated carbocycles. The summed E-state index contributed by atoms with van der Waals surface area (Å²) in [7, 11) is 0. The maximum absolute atomic E-state index is 13.2. The molecule has 1 aromatic carbocycles. The zero-order chi connectivity index (χ0) is 29.4. The Morgan fingerprint density at radius 3 is 2.08 bits per heavy atom. The molecule has 9 nitrogen and oxygen atoms in total. The molecule has 15 heteroatoms. The summed E-state index contributed by atoms with van der Waals surface area (Å²) in [6.45, 7) is 6.00. The third-order valence-corrected chi connectivity index (χ3v) is 6.08. The summed E-state index contributed by atoms with van der Waals surface area (Å²) >= 11 is 0. The predicted octanol–water partition coefficient (Wildman–Crippen LogP) is 4.44. The molecule has 0 bridgehead atoms. The van der Waals surface area contributed by atoms with Crippen LogP contribution in [0.5, 0.6) is 0 Å². The number of hydrogen-bond acceptors (Lipinski definition) is 6. The number of alkyl halides is 6. The molecule has 2 amide bonds. The van der Waals surface area contributed by atoms with Crippen LogP contribution in [0.4, 0.5) is 26.3 Å². The van der Waals surface area contributed by atoms with Gasteiger partial charge < -0.3 is 15.0 Å². The lowest BCUT2D eigenvalue weighted by atomic mass is 10.0. The first-order chi connectivity index (χ1) is 18.6. The second kappa shape index (κ2) is 10.9. The van der Waals surface area contributed by atoms with E-state index >= 15 is 0 Å². The van der Waals surface area contributed by atoms with E-state index in [2.05, 4.69) is 20.4 Å². The minimum Gasteiger partial charge on any atom is -0.372 e. The minimum atomic E-state index is -5.10. The Bertz CT molecular complexity index is 1350. The van der Waals surface area contributed by atoms with E-state index in [0.717, 1.165) is 6.33 Å². The quantitative estimate of drug-likeness (QED) is 0.456. The highest BCUT2D eigenvalue weighted by molar-refractivity contribution is 5.95. The van der Waals surface area contributed by atoms with Gasteiger partial charge in [0.05, 0.1) is 34.9 Å². The van der Waals surface area contributed by atoms with Gasteiger partial charge in [-0.1, -0.05) is 0 Å². The molecule has 0 spiro atoms. The van der Waals surface area contributed by atoms with E-state index in [1.54, 1.807) is 4.90 Å². The molecule has 1 fully saturated rings. The van der Waals surface area contributed by atoms with Crippen molar-refractivity contribution in [3.05, 3.63) is 70.9 Å². The van der Waals surface area contributed by atoms with Crippen molar-refractivity contribution in [2.75, 3.05) is 13.1 Å². The van der Waals surface area contributed by atoms with E-state index in [4.69, 9.17) is 4.74 Å².